The summed E-state index contributed by atoms with van der Waals surface area (Å²) in [4.78, 5) is 31.2. The van der Waals surface area contributed by atoms with Crippen molar-refractivity contribution in [3.05, 3.63) is 111 Å². The SMILES string of the molecule is CC[C@H](C)[C@@H](CN(Cc1cccs1)C(=S)Nc1ccc(F)cc1)NC(=O)Cc1cncn1Cc1ccc([N+](=O)[O-])cc1. The zero-order chi connectivity index (χ0) is 30.1. The number of nitrogens with one attached hydrogen (secondary N) is 2. The van der Waals surface area contributed by atoms with Gasteiger partial charge in [-0.15, -0.1) is 11.3 Å². The van der Waals surface area contributed by atoms with E-state index in [1.165, 1.54) is 24.3 Å². The van der Waals surface area contributed by atoms with Crippen molar-refractivity contribution in [1.82, 2.24) is 19.8 Å². The summed E-state index contributed by atoms with van der Waals surface area (Å²) in [5.74, 6) is -0.298. The molecule has 2 heterocycles. The Bertz CT molecular complexity index is 1480. The first-order valence-corrected chi connectivity index (χ1v) is 14.9. The predicted molar refractivity (Wildman–Crippen MR) is 167 cm³/mol. The molecule has 4 rings (SSSR count). The van der Waals surface area contributed by atoms with Gasteiger partial charge < -0.3 is 20.1 Å². The number of nitro benzene ring substituents is 1. The van der Waals surface area contributed by atoms with E-state index in [1.807, 2.05) is 27.0 Å². The van der Waals surface area contributed by atoms with Gasteiger partial charge in [0, 0.05) is 53.7 Å². The number of anilines is 1. The standard InChI is InChI=1S/C30H33FN6O3S2/c1-3-21(2)28(19-35(18-27-5-4-14-42-27)30(41)33-24-10-8-23(31)9-11-24)34-29(38)15-26-16-32-20-36(26)17-22-6-12-25(13-7-22)37(39)40/h4-14,16,20-21,28H,3,15,17-19H2,1-2H3,(H,33,41)(H,34,38)/t21-,28+/m0/s1. The molecule has 0 saturated carbocycles. The first-order chi connectivity index (χ1) is 20.2. The number of halogens is 1. The van der Waals surface area contributed by atoms with Gasteiger partial charge in [0.15, 0.2) is 5.11 Å². The lowest BCUT2D eigenvalue weighted by Crippen LogP contribution is -2.49. The van der Waals surface area contributed by atoms with Gasteiger partial charge in [0.1, 0.15) is 5.82 Å². The van der Waals surface area contributed by atoms with Crippen LogP contribution >= 0.6 is 23.6 Å². The molecule has 1 amide bonds. The summed E-state index contributed by atoms with van der Waals surface area (Å²) in [6, 6.07) is 16.2. The third kappa shape index (κ3) is 8.67. The van der Waals surface area contributed by atoms with Crippen molar-refractivity contribution in [1.29, 1.82) is 0 Å². The number of non-ortho nitro benzene ring substituents is 1. The van der Waals surface area contributed by atoms with Gasteiger partial charge in [0.2, 0.25) is 5.91 Å². The van der Waals surface area contributed by atoms with Crippen LogP contribution < -0.4 is 10.6 Å². The van der Waals surface area contributed by atoms with E-state index in [-0.39, 0.29) is 35.8 Å². The van der Waals surface area contributed by atoms with Crippen molar-refractivity contribution < 1.29 is 14.1 Å². The summed E-state index contributed by atoms with van der Waals surface area (Å²) in [7, 11) is 0. The monoisotopic (exact) mass is 608 g/mol. The van der Waals surface area contributed by atoms with E-state index >= 15 is 0 Å². The number of rotatable bonds is 13. The summed E-state index contributed by atoms with van der Waals surface area (Å²) in [5.41, 5.74) is 2.31. The maximum Gasteiger partial charge on any atom is 0.269 e. The van der Waals surface area contributed by atoms with Gasteiger partial charge in [0.25, 0.3) is 5.69 Å². The Morgan fingerprint density at radius 2 is 1.93 bits per heavy atom. The number of benzene rings is 2. The van der Waals surface area contributed by atoms with Crippen LogP contribution in [0, 0.1) is 21.8 Å². The molecule has 0 fully saturated rings. The van der Waals surface area contributed by atoms with Crippen LogP contribution in [0.25, 0.3) is 0 Å². The molecule has 9 nitrogen and oxygen atoms in total. The highest BCUT2D eigenvalue weighted by Crippen LogP contribution is 2.18. The number of carbonyl (C=O) groups is 1. The molecular weight excluding hydrogens is 576 g/mol. The molecule has 12 heteroatoms. The van der Waals surface area contributed by atoms with Gasteiger partial charge in [0.05, 0.1) is 24.2 Å². The summed E-state index contributed by atoms with van der Waals surface area (Å²) in [6.45, 7) is 5.67. The molecule has 0 unspecified atom stereocenters. The molecule has 0 aliphatic heterocycles. The fourth-order valence-corrected chi connectivity index (χ4v) is 5.39. The Hall–Kier alpha value is -4.16. The van der Waals surface area contributed by atoms with Crippen molar-refractivity contribution in [2.24, 2.45) is 5.92 Å². The molecule has 2 aromatic heterocycles. The Kier molecular flexibility index (Phi) is 10.7. The predicted octanol–water partition coefficient (Wildman–Crippen LogP) is 6.01. The second-order valence-electron chi connectivity index (χ2n) is 10.1. The Morgan fingerprint density at radius 3 is 2.57 bits per heavy atom. The minimum absolute atomic E-state index is 0.0283. The van der Waals surface area contributed by atoms with E-state index in [0.717, 1.165) is 22.6 Å². The second kappa shape index (κ2) is 14.6. The molecule has 4 aromatic rings. The number of hydrogen-bond acceptors (Lipinski definition) is 6. The van der Waals surface area contributed by atoms with Crippen LogP contribution in [-0.4, -0.2) is 43.0 Å². The average Bonchev–Trinajstić information content (AvgIpc) is 3.65. The molecule has 220 valence electrons. The molecule has 2 aromatic carbocycles. The maximum absolute atomic E-state index is 13.4. The molecule has 0 aliphatic rings. The molecule has 0 bridgehead atoms. The van der Waals surface area contributed by atoms with E-state index in [0.29, 0.717) is 30.4 Å². The normalized spacial score (nSPS) is 12.4. The quantitative estimate of drug-likeness (QED) is 0.109. The smallest absolute Gasteiger partial charge is 0.269 e. The first kappa shape index (κ1) is 30.8. The topological polar surface area (TPSA) is 105 Å². The van der Waals surface area contributed by atoms with Crippen LogP contribution in [0.3, 0.4) is 0 Å². The van der Waals surface area contributed by atoms with Gasteiger partial charge in [-0.2, -0.15) is 0 Å². The third-order valence-electron chi connectivity index (χ3n) is 7.04. The molecule has 0 radical (unpaired) electrons. The Morgan fingerprint density at radius 1 is 1.19 bits per heavy atom. The third-order valence-corrected chi connectivity index (χ3v) is 8.27. The molecular formula is C30H33FN6O3S2. The average molecular weight is 609 g/mol. The number of imidazole rings is 1. The highest BCUT2D eigenvalue weighted by atomic mass is 32.1. The summed E-state index contributed by atoms with van der Waals surface area (Å²) >= 11 is 7.41. The molecule has 2 N–H and O–H groups in total. The number of nitro groups is 1. The van der Waals surface area contributed by atoms with Crippen molar-refractivity contribution >= 4 is 45.9 Å². The Balaban J connectivity index is 1.44. The fourth-order valence-electron chi connectivity index (χ4n) is 4.42. The highest BCUT2D eigenvalue weighted by Gasteiger charge is 2.24. The number of aromatic nitrogens is 2. The van der Waals surface area contributed by atoms with E-state index in [2.05, 4.69) is 29.5 Å². The zero-order valence-corrected chi connectivity index (χ0v) is 25.0. The number of amides is 1. The number of nitrogens with zero attached hydrogens (tertiary/aromatic N) is 4. The lowest BCUT2D eigenvalue weighted by molar-refractivity contribution is -0.384. The van der Waals surface area contributed by atoms with Crippen molar-refractivity contribution in [3.8, 4) is 0 Å². The molecule has 0 spiro atoms. The fraction of sp³-hybridized carbons (Fsp3) is 0.300. The van der Waals surface area contributed by atoms with E-state index < -0.39 is 4.92 Å². The largest absolute Gasteiger partial charge is 0.351 e. The van der Waals surface area contributed by atoms with Gasteiger partial charge in [-0.05, 0) is 59.4 Å². The van der Waals surface area contributed by atoms with Crippen molar-refractivity contribution in [2.45, 2.75) is 45.8 Å². The van der Waals surface area contributed by atoms with Crippen LogP contribution in [-0.2, 0) is 24.3 Å². The molecule has 2 atom stereocenters. The number of hydrogen-bond donors (Lipinski definition) is 2. The van der Waals surface area contributed by atoms with Gasteiger partial charge in [-0.25, -0.2) is 9.37 Å². The zero-order valence-electron chi connectivity index (χ0n) is 23.4. The van der Waals surface area contributed by atoms with Crippen LogP contribution in [0.4, 0.5) is 15.8 Å². The van der Waals surface area contributed by atoms with Gasteiger partial charge in [-0.3, -0.25) is 14.9 Å². The highest BCUT2D eigenvalue weighted by molar-refractivity contribution is 7.80. The van der Waals surface area contributed by atoms with Crippen molar-refractivity contribution in [2.75, 3.05) is 11.9 Å². The minimum Gasteiger partial charge on any atom is -0.351 e. The van der Waals surface area contributed by atoms with E-state index in [9.17, 15) is 19.3 Å². The summed E-state index contributed by atoms with van der Waals surface area (Å²) < 4.78 is 15.3. The number of carbonyl (C=O) groups excluding carboxylic acids is 1. The molecule has 0 saturated heterocycles. The van der Waals surface area contributed by atoms with Crippen LogP contribution in [0.1, 0.15) is 36.4 Å². The lowest BCUT2D eigenvalue weighted by atomic mass is 9.98. The number of thiophene rings is 1. The Labute approximate surface area is 253 Å². The van der Waals surface area contributed by atoms with Crippen LogP contribution in [0.5, 0.6) is 0 Å². The van der Waals surface area contributed by atoms with Crippen molar-refractivity contribution in [3.63, 3.8) is 0 Å². The van der Waals surface area contributed by atoms with Gasteiger partial charge in [-0.1, -0.05) is 38.5 Å². The van der Waals surface area contributed by atoms with E-state index in [4.69, 9.17) is 12.2 Å². The maximum atomic E-state index is 13.4. The molecule has 0 aliphatic carbocycles. The molecule has 42 heavy (non-hydrogen) atoms. The lowest BCUT2D eigenvalue weighted by Gasteiger charge is -2.33. The second-order valence-corrected chi connectivity index (χ2v) is 11.5. The number of thiocarbonyl (C=S) groups is 1. The summed E-state index contributed by atoms with van der Waals surface area (Å²) in [5, 5.41) is 19.9. The van der Waals surface area contributed by atoms with Crippen LogP contribution in [0.2, 0.25) is 0 Å². The van der Waals surface area contributed by atoms with Crippen LogP contribution in [0.15, 0.2) is 78.6 Å². The summed E-state index contributed by atoms with van der Waals surface area (Å²) in [6.07, 6.45) is 4.30. The van der Waals surface area contributed by atoms with Gasteiger partial charge >= 0.3 is 0 Å². The minimum atomic E-state index is -0.433. The van der Waals surface area contributed by atoms with E-state index in [1.54, 1.807) is 48.1 Å². The first-order valence-electron chi connectivity index (χ1n) is 13.6.